The molecule has 0 radical (unpaired) electrons. The molecule has 0 aliphatic carbocycles. The maximum absolute atomic E-state index is 4.60. The minimum atomic E-state index is 0.670. The Morgan fingerprint density at radius 3 is 2.78 bits per heavy atom. The Hall–Kier alpha value is -1.68. The number of pyridine rings is 1. The summed E-state index contributed by atoms with van der Waals surface area (Å²) in [6, 6.07) is 4.16. The first-order valence-corrected chi connectivity index (χ1v) is 6.32. The molecule has 18 heavy (non-hydrogen) atoms. The fourth-order valence-corrected chi connectivity index (χ4v) is 1.80. The number of aromatic nitrogens is 3. The van der Waals surface area contributed by atoms with Gasteiger partial charge in [-0.25, -0.2) is 9.97 Å². The molecule has 2 aromatic rings. The third-order valence-corrected chi connectivity index (χ3v) is 2.82. The Morgan fingerprint density at radius 1 is 1.33 bits per heavy atom. The van der Waals surface area contributed by atoms with Crippen LogP contribution in [0.4, 0.5) is 0 Å². The Kier molecular flexibility index (Phi) is 4.10. The molecule has 2 aromatic heterocycles. The summed E-state index contributed by atoms with van der Waals surface area (Å²) in [5.74, 6) is 1.58. The first-order chi connectivity index (χ1) is 8.66. The molecule has 0 aliphatic rings. The number of aryl methyl sites for hydroxylation is 1. The van der Waals surface area contributed by atoms with Crippen molar-refractivity contribution in [3.8, 4) is 5.82 Å². The molecule has 1 N–H and O–H groups in total. The summed E-state index contributed by atoms with van der Waals surface area (Å²) in [5.41, 5.74) is 2.32. The van der Waals surface area contributed by atoms with Crippen LogP contribution in [-0.2, 0) is 6.54 Å². The van der Waals surface area contributed by atoms with Crippen LogP contribution in [0.25, 0.3) is 5.82 Å². The van der Waals surface area contributed by atoms with Crippen LogP contribution < -0.4 is 5.32 Å². The molecule has 0 spiro atoms. The lowest BCUT2D eigenvalue weighted by molar-refractivity contribution is 0.551. The second-order valence-corrected chi connectivity index (χ2v) is 4.91. The maximum Gasteiger partial charge on any atom is 0.138 e. The lowest BCUT2D eigenvalue weighted by Gasteiger charge is -2.10. The van der Waals surface area contributed by atoms with Gasteiger partial charge >= 0.3 is 0 Å². The standard InChI is InChI=1S/C14H20N4/c1-11(2)8-16-9-13-4-5-14(17-12(13)3)18-7-6-15-10-18/h4-7,10-11,16H,8-9H2,1-3H3. The van der Waals surface area contributed by atoms with Gasteiger partial charge < -0.3 is 5.32 Å². The molecule has 4 heteroatoms. The van der Waals surface area contributed by atoms with Crippen LogP contribution in [0.2, 0.25) is 0 Å². The third kappa shape index (κ3) is 3.17. The van der Waals surface area contributed by atoms with Crippen molar-refractivity contribution in [1.29, 1.82) is 0 Å². The molecule has 0 aromatic carbocycles. The van der Waals surface area contributed by atoms with Crippen molar-refractivity contribution in [2.45, 2.75) is 27.3 Å². The van der Waals surface area contributed by atoms with Gasteiger partial charge in [0.2, 0.25) is 0 Å². The Balaban J connectivity index is 2.06. The first kappa shape index (κ1) is 12.8. The van der Waals surface area contributed by atoms with Crippen molar-refractivity contribution in [3.63, 3.8) is 0 Å². The van der Waals surface area contributed by atoms with Gasteiger partial charge in [-0.3, -0.25) is 4.57 Å². The maximum atomic E-state index is 4.60. The molecule has 4 nitrogen and oxygen atoms in total. The van der Waals surface area contributed by atoms with Crippen LogP contribution in [0.15, 0.2) is 30.9 Å². The van der Waals surface area contributed by atoms with Crippen LogP contribution in [0.5, 0.6) is 0 Å². The molecule has 0 bridgehead atoms. The zero-order valence-corrected chi connectivity index (χ0v) is 11.2. The number of nitrogens with zero attached hydrogens (tertiary/aromatic N) is 3. The molecule has 96 valence electrons. The molecular formula is C14H20N4. The Bertz CT molecular complexity index is 489. The molecule has 2 heterocycles. The van der Waals surface area contributed by atoms with Crippen molar-refractivity contribution >= 4 is 0 Å². The molecule has 2 rings (SSSR count). The quantitative estimate of drug-likeness (QED) is 0.877. The van der Waals surface area contributed by atoms with Crippen molar-refractivity contribution < 1.29 is 0 Å². The van der Waals surface area contributed by atoms with Crippen molar-refractivity contribution in [2.75, 3.05) is 6.54 Å². The van der Waals surface area contributed by atoms with Crippen LogP contribution in [0, 0.1) is 12.8 Å². The highest BCUT2D eigenvalue weighted by atomic mass is 15.1. The van der Waals surface area contributed by atoms with Crippen molar-refractivity contribution in [2.24, 2.45) is 5.92 Å². The molecule has 0 amide bonds. The van der Waals surface area contributed by atoms with E-state index in [1.54, 1.807) is 12.5 Å². The summed E-state index contributed by atoms with van der Waals surface area (Å²) in [4.78, 5) is 8.63. The highest BCUT2D eigenvalue weighted by molar-refractivity contribution is 5.30. The highest BCUT2D eigenvalue weighted by Crippen LogP contribution is 2.10. The topological polar surface area (TPSA) is 42.7 Å². The van der Waals surface area contributed by atoms with Gasteiger partial charge in [0.05, 0.1) is 0 Å². The van der Waals surface area contributed by atoms with Gasteiger partial charge in [-0.05, 0) is 31.0 Å². The van der Waals surface area contributed by atoms with E-state index in [9.17, 15) is 0 Å². The summed E-state index contributed by atoms with van der Waals surface area (Å²) >= 11 is 0. The second kappa shape index (κ2) is 5.78. The van der Waals surface area contributed by atoms with Gasteiger partial charge in [0, 0.05) is 24.6 Å². The summed E-state index contributed by atoms with van der Waals surface area (Å²) in [6.45, 7) is 8.37. The SMILES string of the molecule is Cc1nc(-n2ccnc2)ccc1CNCC(C)C. The van der Waals surface area contributed by atoms with Crippen LogP contribution >= 0.6 is 0 Å². The fraction of sp³-hybridized carbons (Fsp3) is 0.429. The van der Waals surface area contributed by atoms with E-state index >= 15 is 0 Å². The average Bonchev–Trinajstić information content (AvgIpc) is 2.84. The van der Waals surface area contributed by atoms with Gasteiger partial charge in [-0.15, -0.1) is 0 Å². The van der Waals surface area contributed by atoms with Crippen molar-refractivity contribution in [3.05, 3.63) is 42.1 Å². The first-order valence-electron chi connectivity index (χ1n) is 6.32. The zero-order valence-electron chi connectivity index (χ0n) is 11.2. The Labute approximate surface area is 108 Å². The lowest BCUT2D eigenvalue weighted by Crippen LogP contribution is -2.19. The van der Waals surface area contributed by atoms with Crippen molar-refractivity contribution in [1.82, 2.24) is 19.9 Å². The molecule has 0 unspecified atom stereocenters. The molecule has 0 aliphatic heterocycles. The number of imidazole rings is 1. The van der Waals surface area contributed by atoms with Gasteiger partial charge in [0.1, 0.15) is 12.1 Å². The van der Waals surface area contributed by atoms with E-state index in [2.05, 4.69) is 35.2 Å². The van der Waals surface area contributed by atoms with E-state index in [-0.39, 0.29) is 0 Å². The van der Waals surface area contributed by atoms with Gasteiger partial charge in [0.15, 0.2) is 0 Å². The van der Waals surface area contributed by atoms with Gasteiger partial charge in [0.25, 0.3) is 0 Å². The summed E-state index contributed by atoms with van der Waals surface area (Å²) in [6.07, 6.45) is 5.42. The van der Waals surface area contributed by atoms with E-state index in [0.29, 0.717) is 5.92 Å². The zero-order chi connectivity index (χ0) is 13.0. The fourth-order valence-electron chi connectivity index (χ4n) is 1.80. The number of nitrogens with one attached hydrogen (secondary N) is 1. The van der Waals surface area contributed by atoms with E-state index in [0.717, 1.165) is 24.6 Å². The summed E-state index contributed by atoms with van der Waals surface area (Å²) < 4.78 is 1.92. The normalized spacial score (nSPS) is 11.1. The highest BCUT2D eigenvalue weighted by Gasteiger charge is 2.03. The molecule has 0 saturated carbocycles. The summed E-state index contributed by atoms with van der Waals surface area (Å²) in [7, 11) is 0. The minimum Gasteiger partial charge on any atom is -0.312 e. The third-order valence-electron chi connectivity index (χ3n) is 2.82. The largest absolute Gasteiger partial charge is 0.312 e. The number of rotatable bonds is 5. The summed E-state index contributed by atoms with van der Waals surface area (Å²) in [5, 5.41) is 3.44. The predicted octanol–water partition coefficient (Wildman–Crippen LogP) is 2.32. The Morgan fingerprint density at radius 2 is 2.17 bits per heavy atom. The molecule has 0 saturated heterocycles. The lowest BCUT2D eigenvalue weighted by atomic mass is 10.2. The van der Waals surface area contributed by atoms with E-state index < -0.39 is 0 Å². The van der Waals surface area contributed by atoms with Gasteiger partial charge in [-0.1, -0.05) is 19.9 Å². The van der Waals surface area contributed by atoms with E-state index in [1.165, 1.54) is 5.56 Å². The number of hydrogen-bond donors (Lipinski definition) is 1. The minimum absolute atomic E-state index is 0.670. The average molecular weight is 244 g/mol. The molecular weight excluding hydrogens is 224 g/mol. The molecule has 0 atom stereocenters. The van der Waals surface area contributed by atoms with Crippen LogP contribution in [0.3, 0.4) is 0 Å². The van der Waals surface area contributed by atoms with Crippen LogP contribution in [0.1, 0.15) is 25.1 Å². The van der Waals surface area contributed by atoms with Crippen LogP contribution in [-0.4, -0.2) is 21.1 Å². The monoisotopic (exact) mass is 244 g/mol. The second-order valence-electron chi connectivity index (χ2n) is 4.91. The smallest absolute Gasteiger partial charge is 0.138 e. The molecule has 0 fully saturated rings. The van der Waals surface area contributed by atoms with E-state index in [4.69, 9.17) is 0 Å². The van der Waals surface area contributed by atoms with E-state index in [1.807, 2.05) is 23.8 Å². The number of hydrogen-bond acceptors (Lipinski definition) is 3. The van der Waals surface area contributed by atoms with Gasteiger partial charge in [-0.2, -0.15) is 0 Å². The predicted molar refractivity (Wildman–Crippen MR) is 72.6 cm³/mol.